The first-order valence-corrected chi connectivity index (χ1v) is 6.35. The van der Waals surface area contributed by atoms with Gasteiger partial charge in [0, 0.05) is 6.54 Å². The Balaban J connectivity index is 2.08. The molecule has 0 radical (unpaired) electrons. The van der Waals surface area contributed by atoms with E-state index in [1.807, 2.05) is 0 Å². The van der Waals surface area contributed by atoms with Gasteiger partial charge >= 0.3 is 5.69 Å². The summed E-state index contributed by atoms with van der Waals surface area (Å²) in [5.41, 5.74) is 0.159. The van der Waals surface area contributed by atoms with Gasteiger partial charge in [0.05, 0.1) is 4.92 Å². The molecule has 0 aromatic carbocycles. The van der Waals surface area contributed by atoms with Crippen LogP contribution >= 0.6 is 11.6 Å². The summed E-state index contributed by atoms with van der Waals surface area (Å²) in [5, 5.41) is 13.9. The first-order valence-electron chi connectivity index (χ1n) is 5.97. The number of hydrogen-bond acceptors (Lipinski definition) is 5. The van der Waals surface area contributed by atoms with E-state index < -0.39 is 4.92 Å². The predicted octanol–water partition coefficient (Wildman–Crippen LogP) is 3.03. The van der Waals surface area contributed by atoms with E-state index in [9.17, 15) is 10.1 Å². The highest BCUT2D eigenvalue weighted by Crippen LogP contribution is 2.49. The van der Waals surface area contributed by atoms with Gasteiger partial charge in [-0.2, -0.15) is 4.98 Å². The molecule has 0 saturated heterocycles. The smallest absolute Gasteiger partial charge is 0.329 e. The van der Waals surface area contributed by atoms with Crippen LogP contribution in [0.4, 0.5) is 11.5 Å². The lowest BCUT2D eigenvalue weighted by Gasteiger charge is -2.15. The Hall–Kier alpha value is -1.43. The van der Waals surface area contributed by atoms with E-state index >= 15 is 0 Å². The van der Waals surface area contributed by atoms with Gasteiger partial charge < -0.3 is 5.32 Å². The SMILES string of the molecule is CCCC1(CNc2nc(Cl)ncc2[N+](=O)[O-])CC1. The fourth-order valence-electron chi connectivity index (χ4n) is 2.11. The average molecular weight is 271 g/mol. The van der Waals surface area contributed by atoms with E-state index in [1.165, 1.54) is 12.8 Å². The first-order chi connectivity index (χ1) is 8.56. The maximum Gasteiger partial charge on any atom is 0.329 e. The van der Waals surface area contributed by atoms with E-state index in [4.69, 9.17) is 11.6 Å². The molecular formula is C11H15ClN4O2. The van der Waals surface area contributed by atoms with E-state index in [2.05, 4.69) is 22.2 Å². The molecule has 1 aromatic heterocycles. The molecule has 18 heavy (non-hydrogen) atoms. The lowest BCUT2D eigenvalue weighted by molar-refractivity contribution is -0.384. The molecule has 0 spiro atoms. The van der Waals surface area contributed by atoms with Crippen LogP contribution in [0.2, 0.25) is 5.28 Å². The predicted molar refractivity (Wildman–Crippen MR) is 68.8 cm³/mol. The molecule has 2 rings (SSSR count). The van der Waals surface area contributed by atoms with Gasteiger partial charge in [0.1, 0.15) is 6.20 Å². The molecular weight excluding hydrogens is 256 g/mol. The molecule has 1 aliphatic carbocycles. The van der Waals surface area contributed by atoms with Crippen molar-refractivity contribution < 1.29 is 4.92 Å². The monoisotopic (exact) mass is 270 g/mol. The molecule has 1 aliphatic rings. The van der Waals surface area contributed by atoms with Gasteiger partial charge in [0.2, 0.25) is 11.1 Å². The van der Waals surface area contributed by atoms with Gasteiger partial charge in [-0.1, -0.05) is 13.3 Å². The normalized spacial score (nSPS) is 16.3. The second-order valence-corrected chi connectivity index (χ2v) is 5.07. The van der Waals surface area contributed by atoms with Crippen LogP contribution in [-0.4, -0.2) is 21.4 Å². The van der Waals surface area contributed by atoms with Crippen LogP contribution in [0.25, 0.3) is 0 Å². The highest BCUT2D eigenvalue weighted by molar-refractivity contribution is 6.28. The number of halogens is 1. The highest BCUT2D eigenvalue weighted by Gasteiger charge is 2.41. The third-order valence-electron chi connectivity index (χ3n) is 3.31. The van der Waals surface area contributed by atoms with Gasteiger partial charge in [-0.3, -0.25) is 10.1 Å². The van der Waals surface area contributed by atoms with Crippen molar-refractivity contribution in [3.63, 3.8) is 0 Å². The molecule has 0 bridgehead atoms. The highest BCUT2D eigenvalue weighted by atomic mass is 35.5. The largest absolute Gasteiger partial charge is 0.364 e. The van der Waals surface area contributed by atoms with E-state index in [0.717, 1.165) is 19.0 Å². The molecule has 98 valence electrons. The zero-order valence-electron chi connectivity index (χ0n) is 10.1. The van der Waals surface area contributed by atoms with Crippen LogP contribution in [0.15, 0.2) is 6.20 Å². The van der Waals surface area contributed by atoms with Crippen LogP contribution < -0.4 is 5.32 Å². The maximum absolute atomic E-state index is 10.8. The fourth-order valence-corrected chi connectivity index (χ4v) is 2.24. The molecule has 1 N–H and O–H groups in total. The summed E-state index contributed by atoms with van der Waals surface area (Å²) in [5.74, 6) is 0.211. The van der Waals surface area contributed by atoms with Crippen LogP contribution in [-0.2, 0) is 0 Å². The minimum Gasteiger partial charge on any atom is -0.364 e. The van der Waals surface area contributed by atoms with Crippen molar-refractivity contribution in [3.05, 3.63) is 21.6 Å². The average Bonchev–Trinajstić information content (AvgIpc) is 3.07. The summed E-state index contributed by atoms with van der Waals surface area (Å²) in [6.07, 6.45) is 5.72. The fraction of sp³-hybridized carbons (Fsp3) is 0.636. The minimum atomic E-state index is -0.502. The second-order valence-electron chi connectivity index (χ2n) is 4.73. The van der Waals surface area contributed by atoms with Crippen molar-refractivity contribution in [3.8, 4) is 0 Å². The lowest BCUT2D eigenvalue weighted by Crippen LogP contribution is -2.17. The number of hydrogen-bond donors (Lipinski definition) is 1. The van der Waals surface area contributed by atoms with Crippen LogP contribution in [0.1, 0.15) is 32.6 Å². The van der Waals surface area contributed by atoms with Crippen molar-refractivity contribution in [2.75, 3.05) is 11.9 Å². The third-order valence-corrected chi connectivity index (χ3v) is 3.49. The molecule has 0 aliphatic heterocycles. The van der Waals surface area contributed by atoms with E-state index in [0.29, 0.717) is 12.0 Å². The molecule has 1 fully saturated rings. The molecule has 1 saturated carbocycles. The summed E-state index contributed by atoms with van der Waals surface area (Å²) < 4.78 is 0. The van der Waals surface area contributed by atoms with Crippen molar-refractivity contribution in [1.29, 1.82) is 0 Å². The van der Waals surface area contributed by atoms with Crippen molar-refractivity contribution >= 4 is 23.1 Å². The van der Waals surface area contributed by atoms with Crippen LogP contribution in [0.3, 0.4) is 0 Å². The quantitative estimate of drug-likeness (QED) is 0.488. The molecule has 1 aromatic rings. The molecule has 0 amide bonds. The molecule has 7 heteroatoms. The lowest BCUT2D eigenvalue weighted by atomic mass is 10.0. The Morgan fingerprint density at radius 1 is 1.61 bits per heavy atom. The minimum absolute atomic E-state index is 0.0171. The summed E-state index contributed by atoms with van der Waals surface area (Å²) in [7, 11) is 0. The Labute approximate surface area is 110 Å². The van der Waals surface area contributed by atoms with Crippen LogP contribution in [0.5, 0.6) is 0 Å². The second kappa shape index (κ2) is 5.06. The number of aromatic nitrogens is 2. The van der Waals surface area contributed by atoms with Crippen molar-refractivity contribution in [2.24, 2.45) is 5.41 Å². The summed E-state index contributed by atoms with van der Waals surface area (Å²) in [4.78, 5) is 17.9. The summed E-state index contributed by atoms with van der Waals surface area (Å²) in [6.45, 7) is 2.85. The Kier molecular flexibility index (Phi) is 3.65. The zero-order valence-corrected chi connectivity index (χ0v) is 10.9. The summed E-state index contributed by atoms with van der Waals surface area (Å²) >= 11 is 5.66. The Bertz CT molecular complexity index is 462. The topological polar surface area (TPSA) is 81.0 Å². The van der Waals surface area contributed by atoms with Gasteiger partial charge in [0.15, 0.2) is 0 Å². The van der Waals surface area contributed by atoms with E-state index in [-0.39, 0.29) is 16.8 Å². The number of nitrogens with one attached hydrogen (secondary N) is 1. The van der Waals surface area contributed by atoms with Crippen LogP contribution in [0, 0.1) is 15.5 Å². The molecule has 6 nitrogen and oxygen atoms in total. The Morgan fingerprint density at radius 2 is 2.33 bits per heavy atom. The molecule has 1 heterocycles. The number of nitro groups is 1. The zero-order chi connectivity index (χ0) is 13.2. The van der Waals surface area contributed by atoms with Crippen molar-refractivity contribution in [1.82, 2.24) is 9.97 Å². The number of anilines is 1. The maximum atomic E-state index is 10.8. The number of rotatable bonds is 6. The van der Waals surface area contributed by atoms with Gasteiger partial charge in [0.25, 0.3) is 0 Å². The summed E-state index contributed by atoms with van der Waals surface area (Å²) in [6, 6.07) is 0. The first kappa shape index (κ1) is 13.0. The third kappa shape index (κ3) is 2.87. The Morgan fingerprint density at radius 3 is 2.89 bits per heavy atom. The molecule has 0 atom stereocenters. The molecule has 0 unspecified atom stereocenters. The van der Waals surface area contributed by atoms with E-state index in [1.54, 1.807) is 0 Å². The van der Waals surface area contributed by atoms with Gasteiger partial charge in [-0.15, -0.1) is 0 Å². The van der Waals surface area contributed by atoms with Gasteiger partial charge in [-0.25, -0.2) is 4.98 Å². The standard InChI is InChI=1S/C11H15ClN4O2/c1-2-3-11(4-5-11)7-14-9-8(16(17)18)6-13-10(12)15-9/h6H,2-5,7H2,1H3,(H,13,14,15). The van der Waals surface area contributed by atoms with Gasteiger partial charge in [-0.05, 0) is 36.3 Å². The number of nitrogens with zero attached hydrogens (tertiary/aromatic N) is 3. The van der Waals surface area contributed by atoms with Crippen molar-refractivity contribution in [2.45, 2.75) is 32.6 Å².